The van der Waals surface area contributed by atoms with Crippen LogP contribution in [0.1, 0.15) is 31.9 Å². The van der Waals surface area contributed by atoms with Crippen LogP contribution in [0.25, 0.3) is 0 Å². The summed E-state index contributed by atoms with van der Waals surface area (Å²) in [6, 6.07) is 26.5. The van der Waals surface area contributed by atoms with Crippen molar-refractivity contribution in [2.75, 3.05) is 15.1 Å². The van der Waals surface area contributed by atoms with Crippen LogP contribution in [0, 0.1) is 0 Å². The van der Waals surface area contributed by atoms with E-state index < -0.39 is 0 Å². The number of rotatable bonds is 3. The van der Waals surface area contributed by atoms with Crippen molar-refractivity contribution in [2.24, 2.45) is 0 Å². The molecule has 0 saturated carbocycles. The standard InChI is InChI=1S/C25H25N3O2/c1-18-17-24(22-15-9-10-16-23(22)27(18)19(2)29)28(21-13-7-4-8-14-21)25(30)26-20-11-5-3-6-12-20/h3-16,18,24H,17H2,1-2H3,(H,26,30)/t18-,24-/m1/s1. The van der Waals surface area contributed by atoms with Gasteiger partial charge >= 0.3 is 6.03 Å². The normalized spacial score (nSPS) is 17.7. The average molecular weight is 399 g/mol. The molecule has 1 aliphatic heterocycles. The van der Waals surface area contributed by atoms with E-state index in [1.807, 2.05) is 96.8 Å². The predicted octanol–water partition coefficient (Wildman–Crippen LogP) is 5.61. The van der Waals surface area contributed by atoms with Crippen molar-refractivity contribution in [2.45, 2.75) is 32.4 Å². The van der Waals surface area contributed by atoms with E-state index >= 15 is 0 Å². The van der Waals surface area contributed by atoms with Crippen LogP contribution in [-0.2, 0) is 4.79 Å². The summed E-state index contributed by atoms with van der Waals surface area (Å²) >= 11 is 0. The Balaban J connectivity index is 1.78. The summed E-state index contributed by atoms with van der Waals surface area (Å²) in [5, 5.41) is 3.02. The Morgan fingerprint density at radius 1 is 0.900 bits per heavy atom. The Hall–Kier alpha value is -3.60. The lowest BCUT2D eigenvalue weighted by Gasteiger charge is -2.43. The highest BCUT2D eigenvalue weighted by atomic mass is 16.2. The maximum atomic E-state index is 13.5. The van der Waals surface area contributed by atoms with Crippen LogP contribution >= 0.6 is 0 Å². The Kier molecular flexibility index (Phi) is 5.53. The second-order valence-electron chi connectivity index (χ2n) is 7.55. The number of anilines is 3. The summed E-state index contributed by atoms with van der Waals surface area (Å²) in [5.41, 5.74) is 3.39. The lowest BCUT2D eigenvalue weighted by atomic mass is 9.90. The number of nitrogens with one attached hydrogen (secondary N) is 1. The lowest BCUT2D eigenvalue weighted by Crippen LogP contribution is -2.48. The molecule has 2 atom stereocenters. The molecule has 0 aliphatic carbocycles. The fourth-order valence-electron chi connectivity index (χ4n) is 4.24. The van der Waals surface area contributed by atoms with Gasteiger partial charge in [0.05, 0.1) is 6.04 Å². The van der Waals surface area contributed by atoms with E-state index in [2.05, 4.69) is 5.32 Å². The number of para-hydroxylation sites is 3. The number of carbonyl (C=O) groups is 2. The molecule has 5 heteroatoms. The van der Waals surface area contributed by atoms with Gasteiger partial charge in [-0.2, -0.15) is 0 Å². The number of nitrogens with zero attached hydrogens (tertiary/aromatic N) is 2. The second kappa shape index (κ2) is 8.41. The van der Waals surface area contributed by atoms with E-state index in [0.29, 0.717) is 6.42 Å². The monoisotopic (exact) mass is 399 g/mol. The Morgan fingerprint density at radius 3 is 2.17 bits per heavy atom. The van der Waals surface area contributed by atoms with Crippen molar-refractivity contribution in [1.29, 1.82) is 0 Å². The van der Waals surface area contributed by atoms with Crippen LogP contribution in [0.2, 0.25) is 0 Å². The highest BCUT2D eigenvalue weighted by molar-refractivity contribution is 6.03. The highest BCUT2D eigenvalue weighted by Gasteiger charge is 2.37. The molecule has 3 aromatic carbocycles. The topological polar surface area (TPSA) is 52.7 Å². The van der Waals surface area contributed by atoms with Crippen LogP contribution in [0.5, 0.6) is 0 Å². The van der Waals surface area contributed by atoms with Gasteiger partial charge in [0.25, 0.3) is 0 Å². The minimum absolute atomic E-state index is 0.00778. The number of fused-ring (bicyclic) bond motifs is 1. The first-order valence-corrected chi connectivity index (χ1v) is 10.2. The second-order valence-corrected chi connectivity index (χ2v) is 7.55. The van der Waals surface area contributed by atoms with Crippen LogP contribution in [0.4, 0.5) is 21.9 Å². The fraction of sp³-hybridized carbons (Fsp3) is 0.200. The fourth-order valence-corrected chi connectivity index (χ4v) is 4.24. The quantitative estimate of drug-likeness (QED) is 0.622. The first-order valence-electron chi connectivity index (χ1n) is 10.2. The molecule has 0 spiro atoms. The molecule has 152 valence electrons. The van der Waals surface area contributed by atoms with Crippen molar-refractivity contribution in [3.05, 3.63) is 90.5 Å². The Morgan fingerprint density at radius 2 is 1.50 bits per heavy atom. The van der Waals surface area contributed by atoms with Gasteiger partial charge in [-0.05, 0) is 49.2 Å². The average Bonchev–Trinajstić information content (AvgIpc) is 2.75. The van der Waals surface area contributed by atoms with E-state index in [0.717, 1.165) is 22.6 Å². The van der Waals surface area contributed by atoms with Gasteiger partial charge in [-0.15, -0.1) is 0 Å². The molecule has 0 unspecified atom stereocenters. The molecule has 1 aliphatic rings. The summed E-state index contributed by atoms with van der Waals surface area (Å²) in [4.78, 5) is 29.4. The first-order chi connectivity index (χ1) is 14.6. The van der Waals surface area contributed by atoms with Crippen molar-refractivity contribution >= 4 is 29.0 Å². The van der Waals surface area contributed by atoms with E-state index in [-0.39, 0.29) is 24.0 Å². The summed E-state index contributed by atoms with van der Waals surface area (Å²) in [6.07, 6.45) is 0.647. The van der Waals surface area contributed by atoms with Gasteiger partial charge in [0.1, 0.15) is 0 Å². The van der Waals surface area contributed by atoms with Crippen molar-refractivity contribution in [1.82, 2.24) is 0 Å². The van der Waals surface area contributed by atoms with Gasteiger partial charge in [0.2, 0.25) is 5.91 Å². The van der Waals surface area contributed by atoms with E-state index in [9.17, 15) is 9.59 Å². The number of amides is 3. The third-order valence-corrected chi connectivity index (χ3v) is 5.49. The van der Waals surface area contributed by atoms with Gasteiger partial charge in [-0.3, -0.25) is 9.69 Å². The molecule has 30 heavy (non-hydrogen) atoms. The summed E-state index contributed by atoms with van der Waals surface area (Å²) in [5.74, 6) is 0.00778. The Bertz CT molecular complexity index is 1040. The summed E-state index contributed by atoms with van der Waals surface area (Å²) < 4.78 is 0. The third-order valence-electron chi connectivity index (χ3n) is 5.49. The molecule has 3 amide bonds. The van der Waals surface area contributed by atoms with E-state index in [1.165, 1.54) is 0 Å². The summed E-state index contributed by atoms with van der Waals surface area (Å²) in [6.45, 7) is 3.62. The van der Waals surface area contributed by atoms with E-state index in [4.69, 9.17) is 0 Å². The van der Waals surface area contributed by atoms with Crippen LogP contribution in [-0.4, -0.2) is 18.0 Å². The molecule has 3 aromatic rings. The van der Waals surface area contributed by atoms with Gasteiger partial charge < -0.3 is 10.2 Å². The molecular weight excluding hydrogens is 374 g/mol. The number of hydrogen-bond donors (Lipinski definition) is 1. The molecule has 0 fully saturated rings. The van der Waals surface area contributed by atoms with Crippen LogP contribution in [0.3, 0.4) is 0 Å². The molecule has 0 aromatic heterocycles. The number of urea groups is 1. The van der Waals surface area contributed by atoms with Gasteiger partial charge in [-0.1, -0.05) is 54.6 Å². The maximum Gasteiger partial charge on any atom is 0.326 e. The Labute approximate surface area is 176 Å². The highest BCUT2D eigenvalue weighted by Crippen LogP contribution is 2.42. The molecule has 4 rings (SSSR count). The zero-order chi connectivity index (χ0) is 21.1. The number of hydrogen-bond acceptors (Lipinski definition) is 2. The van der Waals surface area contributed by atoms with E-state index in [1.54, 1.807) is 11.8 Å². The van der Waals surface area contributed by atoms with Gasteiger partial charge in [0.15, 0.2) is 0 Å². The zero-order valence-corrected chi connectivity index (χ0v) is 17.2. The molecule has 1 heterocycles. The summed E-state index contributed by atoms with van der Waals surface area (Å²) in [7, 11) is 0. The van der Waals surface area contributed by atoms with Crippen molar-refractivity contribution in [3.63, 3.8) is 0 Å². The lowest BCUT2D eigenvalue weighted by molar-refractivity contribution is -0.117. The minimum Gasteiger partial charge on any atom is -0.309 e. The molecule has 0 bridgehead atoms. The van der Waals surface area contributed by atoms with Crippen molar-refractivity contribution in [3.8, 4) is 0 Å². The minimum atomic E-state index is -0.198. The largest absolute Gasteiger partial charge is 0.326 e. The van der Waals surface area contributed by atoms with Crippen molar-refractivity contribution < 1.29 is 9.59 Å². The molecule has 0 radical (unpaired) electrons. The molecule has 1 N–H and O–H groups in total. The predicted molar refractivity (Wildman–Crippen MR) is 121 cm³/mol. The smallest absolute Gasteiger partial charge is 0.309 e. The van der Waals surface area contributed by atoms with Crippen LogP contribution in [0.15, 0.2) is 84.9 Å². The maximum absolute atomic E-state index is 13.5. The molecule has 0 saturated heterocycles. The number of carbonyl (C=O) groups excluding carboxylic acids is 2. The first kappa shape index (κ1) is 19.7. The third kappa shape index (κ3) is 3.79. The van der Waals surface area contributed by atoms with Crippen LogP contribution < -0.4 is 15.1 Å². The number of benzene rings is 3. The van der Waals surface area contributed by atoms with Gasteiger partial charge in [0, 0.05) is 30.0 Å². The molecular formula is C25H25N3O2. The zero-order valence-electron chi connectivity index (χ0n) is 17.2. The SMILES string of the molecule is CC(=O)N1c2ccccc2[C@H](N(C(=O)Nc2ccccc2)c2ccccc2)C[C@H]1C. The molecule has 5 nitrogen and oxygen atoms in total. The van der Waals surface area contributed by atoms with Gasteiger partial charge in [-0.25, -0.2) is 4.79 Å².